The van der Waals surface area contributed by atoms with Crippen molar-refractivity contribution in [2.45, 2.75) is 13.1 Å². The lowest BCUT2D eigenvalue weighted by Crippen LogP contribution is -2.14. The van der Waals surface area contributed by atoms with E-state index in [1.54, 1.807) is 30.3 Å². The fraction of sp³-hybridized carbons (Fsp3) is 0.125. The van der Waals surface area contributed by atoms with Gasteiger partial charge in [-0.3, -0.25) is 4.79 Å². The number of ketones is 1. The molecule has 0 aliphatic heterocycles. The molecule has 2 N–H and O–H groups in total. The van der Waals surface area contributed by atoms with Gasteiger partial charge in [0.25, 0.3) is 0 Å². The topological polar surface area (TPSA) is 58.6 Å². The van der Waals surface area contributed by atoms with E-state index in [2.05, 4.69) is 5.32 Å². The second-order valence-electron chi connectivity index (χ2n) is 6.48. The molecular weight excluding hydrogens is 386 g/mol. The summed E-state index contributed by atoms with van der Waals surface area (Å²) in [6.45, 7) is 1.00. The van der Waals surface area contributed by atoms with Crippen LogP contribution in [0.2, 0.25) is 5.02 Å². The molecular formula is C24H22ClNO3. The Hall–Kier alpha value is -3.08. The molecule has 0 atom stereocenters. The van der Waals surface area contributed by atoms with Gasteiger partial charge in [0.1, 0.15) is 11.5 Å². The molecule has 0 saturated carbocycles. The van der Waals surface area contributed by atoms with E-state index in [0.29, 0.717) is 29.4 Å². The first-order valence-electron chi connectivity index (χ1n) is 9.20. The molecule has 5 heteroatoms. The molecule has 0 aliphatic rings. The molecule has 0 unspecified atom stereocenters. The second-order valence-corrected chi connectivity index (χ2v) is 6.92. The van der Waals surface area contributed by atoms with Crippen molar-refractivity contribution in [3.05, 3.63) is 100 Å². The van der Waals surface area contributed by atoms with E-state index < -0.39 is 0 Å². The zero-order valence-electron chi connectivity index (χ0n) is 16.1. The zero-order valence-corrected chi connectivity index (χ0v) is 16.8. The Morgan fingerprint density at radius 3 is 2.45 bits per heavy atom. The first-order valence-corrected chi connectivity index (χ1v) is 9.57. The van der Waals surface area contributed by atoms with Gasteiger partial charge in [-0.25, -0.2) is 0 Å². The van der Waals surface area contributed by atoms with Crippen molar-refractivity contribution in [3.8, 4) is 11.5 Å². The first kappa shape index (κ1) is 20.6. The van der Waals surface area contributed by atoms with E-state index in [-0.39, 0.29) is 17.1 Å². The summed E-state index contributed by atoms with van der Waals surface area (Å²) in [5.74, 6) is 0.168. The third kappa shape index (κ3) is 5.47. The Balaban J connectivity index is 1.76. The van der Waals surface area contributed by atoms with Gasteiger partial charge >= 0.3 is 0 Å². The lowest BCUT2D eigenvalue weighted by atomic mass is 10.0. The molecule has 0 bridgehead atoms. The predicted octanol–water partition coefficient (Wildman–Crippen LogP) is 5.24. The number of phenols is 1. The maximum atomic E-state index is 12.6. The molecule has 0 saturated heterocycles. The van der Waals surface area contributed by atoms with Crippen molar-refractivity contribution in [3.63, 3.8) is 0 Å². The van der Waals surface area contributed by atoms with E-state index in [0.717, 1.165) is 11.1 Å². The van der Waals surface area contributed by atoms with Crippen molar-refractivity contribution >= 4 is 23.5 Å². The molecule has 0 heterocycles. The summed E-state index contributed by atoms with van der Waals surface area (Å²) in [5.41, 5.74) is 2.76. The molecule has 3 aromatic carbocycles. The SMILES string of the molecule is COc1ccc(C(=O)/C=C/c2ccc(Cl)cc2)c(O)c1CNCc1ccccc1. The normalized spacial score (nSPS) is 11.0. The molecule has 0 radical (unpaired) electrons. The molecule has 148 valence electrons. The summed E-state index contributed by atoms with van der Waals surface area (Å²) in [4.78, 5) is 12.6. The zero-order chi connectivity index (χ0) is 20.6. The highest BCUT2D eigenvalue weighted by Crippen LogP contribution is 2.32. The van der Waals surface area contributed by atoms with E-state index in [1.165, 1.54) is 13.2 Å². The quantitative estimate of drug-likeness (QED) is 0.396. The van der Waals surface area contributed by atoms with Crippen LogP contribution in [0.25, 0.3) is 6.08 Å². The van der Waals surface area contributed by atoms with Crippen LogP contribution < -0.4 is 10.1 Å². The molecule has 0 aliphatic carbocycles. The van der Waals surface area contributed by atoms with Gasteiger partial charge in [-0.05, 0) is 41.5 Å². The minimum Gasteiger partial charge on any atom is -0.507 e. The molecule has 0 aromatic heterocycles. The molecule has 4 nitrogen and oxygen atoms in total. The number of nitrogens with one attached hydrogen (secondary N) is 1. The summed E-state index contributed by atoms with van der Waals surface area (Å²) >= 11 is 5.88. The monoisotopic (exact) mass is 407 g/mol. The van der Waals surface area contributed by atoms with Crippen molar-refractivity contribution in [1.29, 1.82) is 0 Å². The molecule has 3 rings (SSSR count). The minimum atomic E-state index is -0.288. The van der Waals surface area contributed by atoms with Crippen molar-refractivity contribution in [2.75, 3.05) is 7.11 Å². The minimum absolute atomic E-state index is 0.0735. The van der Waals surface area contributed by atoms with Gasteiger partial charge in [-0.15, -0.1) is 0 Å². The Morgan fingerprint density at radius 2 is 1.76 bits per heavy atom. The first-order chi connectivity index (χ1) is 14.1. The lowest BCUT2D eigenvalue weighted by Gasteiger charge is -2.14. The van der Waals surface area contributed by atoms with E-state index >= 15 is 0 Å². The van der Waals surface area contributed by atoms with Crippen molar-refractivity contribution < 1.29 is 14.6 Å². The number of halogens is 1. The van der Waals surface area contributed by atoms with Crippen molar-refractivity contribution in [2.24, 2.45) is 0 Å². The van der Waals surface area contributed by atoms with Gasteiger partial charge in [-0.1, -0.05) is 60.1 Å². The van der Waals surface area contributed by atoms with Crippen LogP contribution in [-0.2, 0) is 13.1 Å². The maximum absolute atomic E-state index is 12.6. The van der Waals surface area contributed by atoms with Crippen LogP contribution in [0.15, 0.2) is 72.8 Å². The lowest BCUT2D eigenvalue weighted by molar-refractivity contribution is 0.104. The van der Waals surface area contributed by atoms with Crippen LogP contribution in [0.1, 0.15) is 27.0 Å². The van der Waals surface area contributed by atoms with E-state index in [1.807, 2.05) is 42.5 Å². The summed E-state index contributed by atoms with van der Waals surface area (Å²) in [6, 6.07) is 20.4. The van der Waals surface area contributed by atoms with E-state index in [4.69, 9.17) is 16.3 Å². The van der Waals surface area contributed by atoms with Gasteiger partial charge < -0.3 is 15.2 Å². The highest BCUT2D eigenvalue weighted by Gasteiger charge is 2.16. The van der Waals surface area contributed by atoms with E-state index in [9.17, 15) is 9.90 Å². The van der Waals surface area contributed by atoms with Crippen LogP contribution in [0.4, 0.5) is 0 Å². The van der Waals surface area contributed by atoms with Crippen LogP contribution in [0, 0.1) is 0 Å². The third-order valence-electron chi connectivity index (χ3n) is 4.50. The Morgan fingerprint density at radius 1 is 1.03 bits per heavy atom. The van der Waals surface area contributed by atoms with Crippen LogP contribution in [0.5, 0.6) is 11.5 Å². The fourth-order valence-corrected chi connectivity index (χ4v) is 3.07. The number of carbonyl (C=O) groups is 1. The summed E-state index contributed by atoms with van der Waals surface area (Å²) < 4.78 is 5.36. The summed E-state index contributed by atoms with van der Waals surface area (Å²) in [5, 5.41) is 14.6. The number of phenolic OH excluding ortho intramolecular Hbond substituents is 1. The molecule has 0 spiro atoms. The molecule has 0 fully saturated rings. The Bertz CT molecular complexity index is 999. The summed E-state index contributed by atoms with van der Waals surface area (Å²) in [7, 11) is 1.54. The van der Waals surface area contributed by atoms with Gasteiger partial charge in [-0.2, -0.15) is 0 Å². The predicted molar refractivity (Wildman–Crippen MR) is 116 cm³/mol. The van der Waals surface area contributed by atoms with Crippen LogP contribution >= 0.6 is 11.6 Å². The largest absolute Gasteiger partial charge is 0.507 e. The number of ether oxygens (including phenoxy) is 1. The maximum Gasteiger partial charge on any atom is 0.189 e. The van der Waals surface area contributed by atoms with Crippen molar-refractivity contribution in [1.82, 2.24) is 5.32 Å². The smallest absolute Gasteiger partial charge is 0.189 e. The standard InChI is InChI=1S/C24H22ClNO3/c1-29-23-14-12-20(22(27)13-9-17-7-10-19(25)11-8-17)24(28)21(23)16-26-15-18-5-3-2-4-6-18/h2-14,26,28H,15-16H2,1H3/b13-9+. The highest BCUT2D eigenvalue weighted by molar-refractivity contribution is 6.30. The second kappa shape index (κ2) is 9.92. The van der Waals surface area contributed by atoms with Crippen LogP contribution in [-0.4, -0.2) is 18.0 Å². The number of hydrogen-bond donors (Lipinski definition) is 2. The highest BCUT2D eigenvalue weighted by atomic mass is 35.5. The fourth-order valence-electron chi connectivity index (χ4n) is 2.94. The number of benzene rings is 3. The number of allylic oxidation sites excluding steroid dienone is 1. The average Bonchev–Trinajstić information content (AvgIpc) is 2.75. The number of aromatic hydroxyl groups is 1. The number of rotatable bonds is 8. The van der Waals surface area contributed by atoms with Gasteiger partial charge in [0, 0.05) is 18.1 Å². The molecule has 0 amide bonds. The van der Waals surface area contributed by atoms with Gasteiger partial charge in [0.2, 0.25) is 0 Å². The Labute approximate surface area is 175 Å². The molecule has 29 heavy (non-hydrogen) atoms. The van der Waals surface area contributed by atoms with Gasteiger partial charge in [0.15, 0.2) is 5.78 Å². The number of methoxy groups -OCH3 is 1. The number of hydrogen-bond acceptors (Lipinski definition) is 4. The Kier molecular flexibility index (Phi) is 7.06. The number of carbonyl (C=O) groups excluding carboxylic acids is 1. The van der Waals surface area contributed by atoms with Crippen LogP contribution in [0.3, 0.4) is 0 Å². The summed E-state index contributed by atoms with van der Waals surface area (Å²) in [6.07, 6.45) is 3.13. The third-order valence-corrected chi connectivity index (χ3v) is 4.75. The van der Waals surface area contributed by atoms with Gasteiger partial charge in [0.05, 0.1) is 18.2 Å². The average molecular weight is 408 g/mol. The molecule has 3 aromatic rings.